The molecule has 0 radical (unpaired) electrons. The van der Waals surface area contributed by atoms with Crippen molar-refractivity contribution in [3.63, 3.8) is 0 Å². The molecule has 0 amide bonds. The van der Waals surface area contributed by atoms with Gasteiger partial charge in [0.1, 0.15) is 5.78 Å². The van der Waals surface area contributed by atoms with E-state index in [0.29, 0.717) is 18.2 Å². The SMILES string of the molecule is CC(C)(C)CCC(=O)C1CCCC1CN. The standard InChI is InChI=1S/C13H25NO/c1-13(2,3)8-7-12(15)11-6-4-5-10(11)9-14/h10-11H,4-9,14H2,1-3H3. The maximum absolute atomic E-state index is 12.0. The minimum atomic E-state index is 0.270. The molecule has 1 aliphatic rings. The third kappa shape index (κ3) is 3.94. The van der Waals surface area contributed by atoms with Crippen LogP contribution in [0.2, 0.25) is 0 Å². The van der Waals surface area contributed by atoms with Crippen molar-refractivity contribution in [3.8, 4) is 0 Å². The van der Waals surface area contributed by atoms with Gasteiger partial charge in [-0.1, -0.05) is 27.2 Å². The van der Waals surface area contributed by atoms with Crippen molar-refractivity contribution in [1.29, 1.82) is 0 Å². The molecule has 2 N–H and O–H groups in total. The number of Topliss-reactive ketones (excluding diaryl/α,β-unsaturated/α-hetero) is 1. The quantitative estimate of drug-likeness (QED) is 0.777. The highest BCUT2D eigenvalue weighted by Gasteiger charge is 2.31. The Balaban J connectivity index is 2.40. The smallest absolute Gasteiger partial charge is 0.136 e. The molecule has 2 heteroatoms. The van der Waals surface area contributed by atoms with E-state index >= 15 is 0 Å². The zero-order valence-electron chi connectivity index (χ0n) is 10.4. The molecule has 0 saturated heterocycles. The molecule has 1 saturated carbocycles. The van der Waals surface area contributed by atoms with E-state index in [4.69, 9.17) is 5.73 Å². The van der Waals surface area contributed by atoms with E-state index in [-0.39, 0.29) is 11.3 Å². The van der Waals surface area contributed by atoms with E-state index in [0.717, 1.165) is 25.7 Å². The fourth-order valence-electron chi connectivity index (χ4n) is 2.43. The maximum atomic E-state index is 12.0. The molecule has 88 valence electrons. The van der Waals surface area contributed by atoms with Crippen molar-refractivity contribution in [2.75, 3.05) is 6.54 Å². The fourth-order valence-corrected chi connectivity index (χ4v) is 2.43. The lowest BCUT2D eigenvalue weighted by Gasteiger charge is -2.21. The van der Waals surface area contributed by atoms with E-state index in [2.05, 4.69) is 20.8 Å². The van der Waals surface area contributed by atoms with Gasteiger partial charge in [0.25, 0.3) is 0 Å². The molecule has 1 aliphatic carbocycles. The second kappa shape index (κ2) is 5.11. The van der Waals surface area contributed by atoms with E-state index in [9.17, 15) is 4.79 Å². The molecule has 0 bridgehead atoms. The predicted octanol–water partition coefficient (Wildman–Crippen LogP) is 2.76. The summed E-state index contributed by atoms with van der Waals surface area (Å²) < 4.78 is 0. The van der Waals surface area contributed by atoms with Crippen LogP contribution >= 0.6 is 0 Å². The van der Waals surface area contributed by atoms with Crippen molar-refractivity contribution < 1.29 is 4.79 Å². The summed E-state index contributed by atoms with van der Waals surface area (Å²) in [5.41, 5.74) is 5.96. The Morgan fingerprint density at radius 1 is 1.33 bits per heavy atom. The molecule has 0 aromatic rings. The van der Waals surface area contributed by atoms with Crippen molar-refractivity contribution in [2.45, 2.75) is 52.9 Å². The maximum Gasteiger partial charge on any atom is 0.136 e. The third-order valence-corrected chi connectivity index (χ3v) is 3.50. The summed E-state index contributed by atoms with van der Waals surface area (Å²) in [5, 5.41) is 0. The molecule has 0 spiro atoms. The van der Waals surface area contributed by atoms with Crippen LogP contribution in [0, 0.1) is 17.3 Å². The van der Waals surface area contributed by atoms with Crippen molar-refractivity contribution in [3.05, 3.63) is 0 Å². The zero-order chi connectivity index (χ0) is 11.5. The lowest BCUT2D eigenvalue weighted by molar-refractivity contribution is -0.124. The average molecular weight is 211 g/mol. The van der Waals surface area contributed by atoms with Crippen LogP contribution in [-0.4, -0.2) is 12.3 Å². The average Bonchev–Trinajstić information content (AvgIpc) is 2.60. The van der Waals surface area contributed by atoms with E-state index < -0.39 is 0 Å². The lowest BCUT2D eigenvalue weighted by atomic mass is 9.84. The first kappa shape index (κ1) is 12.7. The van der Waals surface area contributed by atoms with Crippen LogP contribution < -0.4 is 5.73 Å². The zero-order valence-corrected chi connectivity index (χ0v) is 10.4. The number of hydrogen-bond donors (Lipinski definition) is 1. The summed E-state index contributed by atoms with van der Waals surface area (Å²) in [6.07, 6.45) is 5.16. The second-order valence-corrected chi connectivity index (χ2v) is 6.06. The highest BCUT2D eigenvalue weighted by molar-refractivity contribution is 5.81. The van der Waals surface area contributed by atoms with E-state index in [1.165, 1.54) is 6.42 Å². The highest BCUT2D eigenvalue weighted by Crippen LogP contribution is 2.33. The predicted molar refractivity (Wildman–Crippen MR) is 63.6 cm³/mol. The fraction of sp³-hybridized carbons (Fsp3) is 0.923. The number of carbonyl (C=O) groups is 1. The topological polar surface area (TPSA) is 43.1 Å². The Bertz CT molecular complexity index is 217. The highest BCUT2D eigenvalue weighted by atomic mass is 16.1. The number of rotatable bonds is 4. The molecule has 1 fully saturated rings. The molecule has 2 atom stereocenters. The van der Waals surface area contributed by atoms with Gasteiger partial charge in [-0.15, -0.1) is 0 Å². The van der Waals surface area contributed by atoms with Gasteiger partial charge < -0.3 is 5.73 Å². The Hall–Kier alpha value is -0.370. The van der Waals surface area contributed by atoms with Crippen LogP contribution in [0.4, 0.5) is 0 Å². The van der Waals surface area contributed by atoms with Crippen molar-refractivity contribution in [2.24, 2.45) is 23.0 Å². The van der Waals surface area contributed by atoms with Crippen LogP contribution in [0.3, 0.4) is 0 Å². The largest absolute Gasteiger partial charge is 0.330 e. The van der Waals surface area contributed by atoms with Gasteiger partial charge in [0.2, 0.25) is 0 Å². The molecule has 0 aromatic heterocycles. The van der Waals surface area contributed by atoms with Gasteiger partial charge in [0.05, 0.1) is 0 Å². The van der Waals surface area contributed by atoms with Gasteiger partial charge in [-0.2, -0.15) is 0 Å². The second-order valence-electron chi connectivity index (χ2n) is 6.06. The first-order chi connectivity index (χ1) is 6.94. The van der Waals surface area contributed by atoms with Crippen LogP contribution in [0.15, 0.2) is 0 Å². The number of carbonyl (C=O) groups excluding carboxylic acids is 1. The van der Waals surface area contributed by atoms with Crippen molar-refractivity contribution >= 4 is 5.78 Å². The van der Waals surface area contributed by atoms with Crippen LogP contribution in [0.25, 0.3) is 0 Å². The minimum absolute atomic E-state index is 0.270. The first-order valence-corrected chi connectivity index (χ1v) is 6.17. The number of hydrogen-bond acceptors (Lipinski definition) is 2. The van der Waals surface area contributed by atoms with Gasteiger partial charge in [0.15, 0.2) is 0 Å². The summed E-state index contributed by atoms with van der Waals surface area (Å²) >= 11 is 0. The Morgan fingerprint density at radius 2 is 2.00 bits per heavy atom. The number of nitrogens with two attached hydrogens (primary N) is 1. The third-order valence-electron chi connectivity index (χ3n) is 3.50. The Morgan fingerprint density at radius 3 is 2.53 bits per heavy atom. The van der Waals surface area contributed by atoms with Gasteiger partial charge in [-0.3, -0.25) is 4.79 Å². The molecule has 0 heterocycles. The van der Waals surface area contributed by atoms with Gasteiger partial charge in [-0.25, -0.2) is 0 Å². The summed E-state index contributed by atoms with van der Waals surface area (Å²) in [7, 11) is 0. The monoisotopic (exact) mass is 211 g/mol. The first-order valence-electron chi connectivity index (χ1n) is 6.17. The molecule has 0 aromatic carbocycles. The van der Waals surface area contributed by atoms with E-state index in [1.807, 2.05) is 0 Å². The van der Waals surface area contributed by atoms with E-state index in [1.54, 1.807) is 0 Å². The van der Waals surface area contributed by atoms with Crippen molar-refractivity contribution in [1.82, 2.24) is 0 Å². The Kier molecular flexibility index (Phi) is 4.32. The van der Waals surface area contributed by atoms with Gasteiger partial charge >= 0.3 is 0 Å². The molecular weight excluding hydrogens is 186 g/mol. The van der Waals surface area contributed by atoms with Gasteiger partial charge in [-0.05, 0) is 37.1 Å². The molecular formula is C13H25NO. The van der Waals surface area contributed by atoms with Gasteiger partial charge in [0, 0.05) is 12.3 Å². The molecule has 1 rings (SSSR count). The summed E-state index contributed by atoms with van der Waals surface area (Å²) in [6.45, 7) is 7.26. The normalized spacial score (nSPS) is 26.9. The van der Waals surface area contributed by atoms with Crippen LogP contribution in [0.5, 0.6) is 0 Å². The van der Waals surface area contributed by atoms with Crippen LogP contribution in [-0.2, 0) is 4.79 Å². The van der Waals surface area contributed by atoms with Crippen LogP contribution in [0.1, 0.15) is 52.9 Å². The molecule has 2 nitrogen and oxygen atoms in total. The summed E-state index contributed by atoms with van der Waals surface area (Å²) in [5.74, 6) is 1.20. The molecule has 15 heavy (non-hydrogen) atoms. The summed E-state index contributed by atoms with van der Waals surface area (Å²) in [6, 6.07) is 0. The molecule has 2 unspecified atom stereocenters. The minimum Gasteiger partial charge on any atom is -0.330 e. The summed E-state index contributed by atoms with van der Waals surface area (Å²) in [4.78, 5) is 12.0. The molecule has 0 aliphatic heterocycles. The lowest BCUT2D eigenvalue weighted by Crippen LogP contribution is -2.25. The number of ketones is 1. The Labute approximate surface area is 93.6 Å².